The summed E-state index contributed by atoms with van der Waals surface area (Å²) >= 11 is 13.8. The van der Waals surface area contributed by atoms with Crippen LogP contribution in [0.15, 0.2) is 8.96 Å². The smallest absolute Gasteiger partial charge is 0.0441 e. The van der Waals surface area contributed by atoms with E-state index in [1.165, 1.54) is 0 Å². The lowest BCUT2D eigenvalue weighted by Crippen LogP contribution is -1.97. The Morgan fingerprint density at radius 1 is 0.900 bits per heavy atom. The monoisotopic (exact) mass is 396 g/mol. The van der Waals surface area contributed by atoms with E-state index in [2.05, 4.69) is 77.6 Å². The normalized spacial score (nSPS) is 19.8. The molecule has 0 saturated heterocycles. The minimum absolute atomic E-state index is 0.363. The molecule has 0 aromatic heterocycles. The molecule has 0 amide bonds. The molecule has 2 atom stereocenters. The van der Waals surface area contributed by atoms with Gasteiger partial charge in [0.15, 0.2) is 0 Å². The molecule has 2 unspecified atom stereocenters. The highest BCUT2D eigenvalue weighted by Gasteiger charge is 2.09. The largest absolute Gasteiger partial charge is 0.0836 e. The van der Waals surface area contributed by atoms with Crippen molar-refractivity contribution < 1.29 is 0 Å². The Kier molecular flexibility index (Phi) is 6.22. The topological polar surface area (TPSA) is 0 Å². The van der Waals surface area contributed by atoms with Gasteiger partial charge in [-0.15, -0.1) is 0 Å². The molecule has 10 heavy (non-hydrogen) atoms. The summed E-state index contributed by atoms with van der Waals surface area (Å²) in [6.07, 6.45) is 0. The van der Waals surface area contributed by atoms with E-state index in [-0.39, 0.29) is 0 Å². The predicted molar refractivity (Wildman–Crippen MR) is 61.7 cm³/mol. The number of rotatable bonds is 2. The Hall–Kier alpha value is 1.66. The standard InChI is InChI=1S/C6H8Br4/c1-3(7)5(9)6(10)4(2)8/h3-4H,1-2H3/b6-5+. The van der Waals surface area contributed by atoms with Crippen LogP contribution >= 0.6 is 63.7 Å². The molecule has 0 rings (SSSR count). The molecule has 0 aliphatic heterocycles. The zero-order chi connectivity index (χ0) is 8.31. The van der Waals surface area contributed by atoms with E-state index in [4.69, 9.17) is 0 Å². The molecule has 0 aliphatic rings. The van der Waals surface area contributed by atoms with Gasteiger partial charge in [-0.25, -0.2) is 0 Å². The van der Waals surface area contributed by atoms with E-state index in [0.717, 1.165) is 8.96 Å². The molecular formula is C6H8Br4. The second-order valence-electron chi connectivity index (χ2n) is 1.93. The highest BCUT2D eigenvalue weighted by molar-refractivity contribution is 9.16. The lowest BCUT2D eigenvalue weighted by Gasteiger charge is -2.07. The third-order valence-corrected chi connectivity index (χ3v) is 5.83. The fraction of sp³-hybridized carbons (Fsp3) is 0.667. The minimum atomic E-state index is 0.363. The summed E-state index contributed by atoms with van der Waals surface area (Å²) in [6.45, 7) is 4.14. The van der Waals surface area contributed by atoms with Gasteiger partial charge in [-0.05, 0) is 13.8 Å². The van der Waals surface area contributed by atoms with Crippen molar-refractivity contribution in [1.29, 1.82) is 0 Å². The molecular weight excluding hydrogens is 392 g/mol. The second kappa shape index (κ2) is 5.33. The van der Waals surface area contributed by atoms with Crippen LogP contribution in [-0.4, -0.2) is 9.65 Å². The van der Waals surface area contributed by atoms with Crippen molar-refractivity contribution in [3.05, 3.63) is 8.96 Å². The van der Waals surface area contributed by atoms with E-state index >= 15 is 0 Å². The Balaban J connectivity index is 4.34. The van der Waals surface area contributed by atoms with Crippen molar-refractivity contribution in [3.8, 4) is 0 Å². The van der Waals surface area contributed by atoms with Gasteiger partial charge in [0.2, 0.25) is 0 Å². The minimum Gasteiger partial charge on any atom is -0.0836 e. The lowest BCUT2D eigenvalue weighted by molar-refractivity contribution is 1.18. The van der Waals surface area contributed by atoms with Crippen LogP contribution in [0.2, 0.25) is 0 Å². The van der Waals surface area contributed by atoms with E-state index in [1.54, 1.807) is 0 Å². The molecule has 0 aliphatic carbocycles. The molecule has 0 bridgehead atoms. The zero-order valence-corrected chi connectivity index (χ0v) is 12.0. The lowest BCUT2D eigenvalue weighted by atomic mass is 10.3. The van der Waals surface area contributed by atoms with Crippen LogP contribution in [0, 0.1) is 0 Å². The van der Waals surface area contributed by atoms with Gasteiger partial charge >= 0.3 is 0 Å². The van der Waals surface area contributed by atoms with Gasteiger partial charge < -0.3 is 0 Å². The van der Waals surface area contributed by atoms with Crippen molar-refractivity contribution in [3.63, 3.8) is 0 Å². The summed E-state index contributed by atoms with van der Waals surface area (Å²) in [5, 5.41) is 0. The number of alkyl halides is 2. The summed E-state index contributed by atoms with van der Waals surface area (Å²) < 4.78 is 2.30. The SMILES string of the molecule is CC(Br)/C(Br)=C(\Br)C(C)Br. The van der Waals surface area contributed by atoms with Crippen LogP contribution in [0.1, 0.15) is 13.8 Å². The van der Waals surface area contributed by atoms with Crippen molar-refractivity contribution in [2.75, 3.05) is 0 Å². The van der Waals surface area contributed by atoms with Gasteiger partial charge in [-0.2, -0.15) is 0 Å². The second-order valence-corrected chi connectivity index (χ2v) is 6.38. The van der Waals surface area contributed by atoms with E-state index < -0.39 is 0 Å². The molecule has 0 aromatic carbocycles. The van der Waals surface area contributed by atoms with Crippen molar-refractivity contribution in [2.24, 2.45) is 0 Å². The van der Waals surface area contributed by atoms with Gasteiger partial charge in [-0.3, -0.25) is 0 Å². The third-order valence-electron chi connectivity index (χ3n) is 0.927. The zero-order valence-electron chi connectivity index (χ0n) is 5.67. The maximum absolute atomic E-state index is 3.46. The van der Waals surface area contributed by atoms with Crippen molar-refractivity contribution >= 4 is 63.7 Å². The van der Waals surface area contributed by atoms with Gasteiger partial charge in [-0.1, -0.05) is 63.7 Å². The average molecular weight is 400 g/mol. The molecule has 0 saturated carbocycles. The Labute approximate surface area is 95.3 Å². The van der Waals surface area contributed by atoms with Crippen LogP contribution in [0.5, 0.6) is 0 Å². The first-order chi connectivity index (χ1) is 4.46. The first-order valence-corrected chi connectivity index (χ1v) is 6.21. The number of hydrogen-bond donors (Lipinski definition) is 0. The summed E-state index contributed by atoms with van der Waals surface area (Å²) in [7, 11) is 0. The first kappa shape index (κ1) is 11.7. The van der Waals surface area contributed by atoms with Crippen LogP contribution in [-0.2, 0) is 0 Å². The van der Waals surface area contributed by atoms with Gasteiger partial charge in [0.05, 0.1) is 0 Å². The van der Waals surface area contributed by atoms with Crippen molar-refractivity contribution in [1.82, 2.24) is 0 Å². The molecule has 4 heteroatoms. The third kappa shape index (κ3) is 3.88. The van der Waals surface area contributed by atoms with Gasteiger partial charge in [0.25, 0.3) is 0 Å². The van der Waals surface area contributed by atoms with Crippen LogP contribution < -0.4 is 0 Å². The summed E-state index contributed by atoms with van der Waals surface area (Å²) in [5.74, 6) is 0. The quantitative estimate of drug-likeness (QED) is 0.597. The predicted octanol–water partition coefficient (Wildman–Crippen LogP) is 4.55. The highest BCUT2D eigenvalue weighted by Crippen LogP contribution is 2.30. The Morgan fingerprint density at radius 2 is 1.10 bits per heavy atom. The summed E-state index contributed by atoms with van der Waals surface area (Å²) in [6, 6.07) is 0. The first-order valence-electron chi connectivity index (χ1n) is 2.80. The number of hydrogen-bond acceptors (Lipinski definition) is 0. The maximum Gasteiger partial charge on any atom is 0.0441 e. The molecule has 0 nitrogen and oxygen atoms in total. The Morgan fingerprint density at radius 3 is 1.20 bits per heavy atom. The maximum atomic E-state index is 3.46. The molecule has 0 spiro atoms. The van der Waals surface area contributed by atoms with Crippen LogP contribution in [0.4, 0.5) is 0 Å². The van der Waals surface area contributed by atoms with Gasteiger partial charge in [0, 0.05) is 18.6 Å². The molecule has 0 N–H and O–H groups in total. The Bertz CT molecular complexity index is 121. The highest BCUT2D eigenvalue weighted by atomic mass is 79.9. The van der Waals surface area contributed by atoms with E-state index in [9.17, 15) is 0 Å². The molecule has 0 radical (unpaired) electrons. The van der Waals surface area contributed by atoms with E-state index in [1.807, 2.05) is 0 Å². The number of halogens is 4. The molecule has 0 fully saturated rings. The molecule has 60 valence electrons. The fourth-order valence-corrected chi connectivity index (χ4v) is 2.17. The fourth-order valence-electron chi connectivity index (χ4n) is 0.380. The van der Waals surface area contributed by atoms with Gasteiger partial charge in [0.1, 0.15) is 0 Å². The van der Waals surface area contributed by atoms with Crippen LogP contribution in [0.25, 0.3) is 0 Å². The number of allylic oxidation sites excluding steroid dienone is 2. The molecule has 0 heterocycles. The summed E-state index contributed by atoms with van der Waals surface area (Å²) in [4.78, 5) is 0.726. The summed E-state index contributed by atoms with van der Waals surface area (Å²) in [5.41, 5.74) is 0. The molecule has 0 aromatic rings. The van der Waals surface area contributed by atoms with Crippen molar-refractivity contribution in [2.45, 2.75) is 23.5 Å². The van der Waals surface area contributed by atoms with Crippen LogP contribution in [0.3, 0.4) is 0 Å². The average Bonchev–Trinajstić information content (AvgIpc) is 1.84. The van der Waals surface area contributed by atoms with E-state index in [0.29, 0.717) is 9.65 Å².